The van der Waals surface area contributed by atoms with Crippen LogP contribution in [-0.4, -0.2) is 63.7 Å². The minimum atomic E-state index is -3.50. The van der Waals surface area contributed by atoms with Crippen LogP contribution in [0.2, 0.25) is 0 Å². The van der Waals surface area contributed by atoms with Crippen LogP contribution in [0.15, 0.2) is 53.4 Å². The molecule has 0 unspecified atom stereocenters. The SMILES string of the molecule is COc1cccc(N2CCN(S(=O)(=O)c3ccc(OC(C)C)cc3)CC2)c1.O=CO. The van der Waals surface area contributed by atoms with Crippen molar-refractivity contribution in [1.29, 1.82) is 0 Å². The Hall–Kier alpha value is -2.78. The summed E-state index contributed by atoms with van der Waals surface area (Å²) >= 11 is 0. The summed E-state index contributed by atoms with van der Waals surface area (Å²) in [6.45, 7) is 5.80. The topological polar surface area (TPSA) is 96.4 Å². The van der Waals surface area contributed by atoms with Crippen molar-refractivity contribution in [3.05, 3.63) is 48.5 Å². The van der Waals surface area contributed by atoms with Gasteiger partial charge in [0.05, 0.1) is 18.1 Å². The van der Waals surface area contributed by atoms with E-state index in [0.29, 0.717) is 36.8 Å². The van der Waals surface area contributed by atoms with Gasteiger partial charge in [-0.2, -0.15) is 4.31 Å². The summed E-state index contributed by atoms with van der Waals surface area (Å²) in [5.74, 6) is 1.47. The third kappa shape index (κ3) is 6.11. The molecule has 0 radical (unpaired) electrons. The number of carboxylic acid groups (broad SMARTS) is 1. The smallest absolute Gasteiger partial charge is 0.290 e. The van der Waals surface area contributed by atoms with Crippen molar-refractivity contribution >= 4 is 22.2 Å². The molecule has 1 heterocycles. The zero-order chi connectivity index (χ0) is 22.1. The first-order valence-corrected chi connectivity index (χ1v) is 11.0. The van der Waals surface area contributed by atoms with Crippen molar-refractivity contribution < 1.29 is 27.8 Å². The Balaban J connectivity index is 0.00000101. The van der Waals surface area contributed by atoms with E-state index in [1.807, 2.05) is 38.1 Å². The third-order valence-corrected chi connectivity index (χ3v) is 6.40. The summed E-state index contributed by atoms with van der Waals surface area (Å²) in [7, 11) is -1.86. The van der Waals surface area contributed by atoms with Crippen molar-refractivity contribution in [3.63, 3.8) is 0 Å². The molecular formula is C21H28N2O6S. The van der Waals surface area contributed by atoms with Crippen molar-refractivity contribution in [1.82, 2.24) is 4.31 Å². The lowest BCUT2D eigenvalue weighted by molar-refractivity contribution is -0.122. The number of benzene rings is 2. The summed E-state index contributed by atoms with van der Waals surface area (Å²) in [5, 5.41) is 6.89. The van der Waals surface area contributed by atoms with Crippen LogP contribution in [0.4, 0.5) is 5.69 Å². The van der Waals surface area contributed by atoms with E-state index in [1.54, 1.807) is 35.7 Å². The van der Waals surface area contributed by atoms with Gasteiger partial charge in [0.1, 0.15) is 11.5 Å². The maximum absolute atomic E-state index is 12.9. The number of sulfonamides is 1. The van der Waals surface area contributed by atoms with Crippen LogP contribution >= 0.6 is 0 Å². The van der Waals surface area contributed by atoms with Crippen molar-refractivity contribution in [2.45, 2.75) is 24.8 Å². The van der Waals surface area contributed by atoms with Crippen LogP contribution in [0.1, 0.15) is 13.8 Å². The predicted octanol–water partition coefficient (Wildman–Crippen LogP) is 2.69. The highest BCUT2D eigenvalue weighted by Gasteiger charge is 2.28. The Morgan fingerprint density at radius 3 is 2.13 bits per heavy atom. The van der Waals surface area contributed by atoms with E-state index in [4.69, 9.17) is 19.4 Å². The molecule has 0 bridgehead atoms. The van der Waals surface area contributed by atoms with Gasteiger partial charge >= 0.3 is 0 Å². The number of methoxy groups -OCH3 is 1. The second-order valence-electron chi connectivity index (χ2n) is 6.84. The molecule has 8 nitrogen and oxygen atoms in total. The first-order valence-electron chi connectivity index (χ1n) is 9.55. The fourth-order valence-corrected chi connectivity index (χ4v) is 4.53. The van der Waals surface area contributed by atoms with Gasteiger partial charge < -0.3 is 19.5 Å². The summed E-state index contributed by atoms with van der Waals surface area (Å²) in [5.41, 5.74) is 1.04. The Morgan fingerprint density at radius 2 is 1.60 bits per heavy atom. The molecule has 164 valence electrons. The fraction of sp³-hybridized carbons (Fsp3) is 0.381. The van der Waals surface area contributed by atoms with Crippen LogP contribution in [0.25, 0.3) is 0 Å². The van der Waals surface area contributed by atoms with Crippen LogP contribution in [-0.2, 0) is 14.8 Å². The maximum Gasteiger partial charge on any atom is 0.290 e. The van der Waals surface area contributed by atoms with Crippen LogP contribution in [0.5, 0.6) is 11.5 Å². The lowest BCUT2D eigenvalue weighted by atomic mass is 10.2. The highest BCUT2D eigenvalue weighted by Crippen LogP contribution is 2.25. The van der Waals surface area contributed by atoms with E-state index < -0.39 is 10.0 Å². The number of piperazine rings is 1. The molecule has 1 N–H and O–H groups in total. The number of anilines is 1. The van der Waals surface area contributed by atoms with E-state index in [2.05, 4.69) is 4.90 Å². The second-order valence-corrected chi connectivity index (χ2v) is 8.77. The zero-order valence-corrected chi connectivity index (χ0v) is 18.2. The van der Waals surface area contributed by atoms with E-state index in [9.17, 15) is 8.42 Å². The molecule has 9 heteroatoms. The van der Waals surface area contributed by atoms with Gasteiger partial charge in [0.2, 0.25) is 10.0 Å². The van der Waals surface area contributed by atoms with Crippen molar-refractivity contribution in [2.24, 2.45) is 0 Å². The minimum absolute atomic E-state index is 0.0529. The average Bonchev–Trinajstić information content (AvgIpc) is 2.74. The molecule has 0 atom stereocenters. The second kappa shape index (κ2) is 10.8. The highest BCUT2D eigenvalue weighted by molar-refractivity contribution is 7.89. The van der Waals surface area contributed by atoms with E-state index in [0.717, 1.165) is 11.4 Å². The first-order chi connectivity index (χ1) is 14.3. The van der Waals surface area contributed by atoms with Gasteiger partial charge in [0, 0.05) is 37.9 Å². The van der Waals surface area contributed by atoms with E-state index in [1.165, 1.54) is 0 Å². The molecular weight excluding hydrogens is 408 g/mol. The molecule has 2 aromatic rings. The van der Waals surface area contributed by atoms with Crippen molar-refractivity contribution in [2.75, 3.05) is 38.2 Å². The maximum atomic E-state index is 12.9. The fourth-order valence-electron chi connectivity index (χ4n) is 3.11. The number of hydrogen-bond donors (Lipinski definition) is 1. The molecule has 0 amide bonds. The standard InChI is InChI=1S/C20H26N2O4S.CH2O2/c1-16(2)26-18-7-9-20(10-8-18)27(23,24)22-13-11-21(12-14-22)17-5-4-6-19(15-17)25-3;2-1-3/h4-10,15-16H,11-14H2,1-3H3;1H,(H,2,3). The molecule has 30 heavy (non-hydrogen) atoms. The Bertz CT molecular complexity index is 907. The lowest BCUT2D eigenvalue weighted by Crippen LogP contribution is -2.48. The minimum Gasteiger partial charge on any atom is -0.497 e. The number of ether oxygens (including phenoxy) is 2. The molecule has 0 saturated carbocycles. The van der Waals surface area contributed by atoms with E-state index >= 15 is 0 Å². The monoisotopic (exact) mass is 436 g/mol. The number of carbonyl (C=O) groups is 1. The average molecular weight is 437 g/mol. The first kappa shape index (κ1) is 23.5. The number of hydrogen-bond acceptors (Lipinski definition) is 6. The molecule has 1 aliphatic heterocycles. The van der Waals surface area contributed by atoms with Gasteiger partial charge in [-0.05, 0) is 50.2 Å². The normalized spacial score (nSPS) is 14.6. The zero-order valence-electron chi connectivity index (χ0n) is 17.4. The molecule has 0 aliphatic carbocycles. The van der Waals surface area contributed by atoms with Gasteiger partial charge in [-0.15, -0.1) is 0 Å². The van der Waals surface area contributed by atoms with Crippen molar-refractivity contribution in [3.8, 4) is 11.5 Å². The van der Waals surface area contributed by atoms with Gasteiger partial charge in [0.15, 0.2) is 0 Å². The Kier molecular flexibility index (Phi) is 8.49. The summed E-state index contributed by atoms with van der Waals surface area (Å²) in [6, 6.07) is 14.5. The molecule has 0 aromatic heterocycles. The largest absolute Gasteiger partial charge is 0.497 e. The number of nitrogens with zero attached hydrogens (tertiary/aromatic N) is 2. The molecule has 2 aromatic carbocycles. The van der Waals surface area contributed by atoms with Gasteiger partial charge in [-0.25, -0.2) is 8.42 Å². The Labute approximate surface area is 177 Å². The van der Waals surface area contributed by atoms with E-state index in [-0.39, 0.29) is 12.6 Å². The van der Waals surface area contributed by atoms with Crippen LogP contribution < -0.4 is 14.4 Å². The molecule has 3 rings (SSSR count). The van der Waals surface area contributed by atoms with Crippen LogP contribution in [0, 0.1) is 0 Å². The summed E-state index contributed by atoms with van der Waals surface area (Å²) in [6.07, 6.45) is 0.0529. The lowest BCUT2D eigenvalue weighted by Gasteiger charge is -2.35. The highest BCUT2D eigenvalue weighted by atomic mass is 32.2. The van der Waals surface area contributed by atoms with Gasteiger partial charge in [-0.1, -0.05) is 6.07 Å². The molecule has 0 spiro atoms. The Morgan fingerprint density at radius 1 is 1.00 bits per heavy atom. The molecule has 1 saturated heterocycles. The van der Waals surface area contributed by atoms with Crippen LogP contribution in [0.3, 0.4) is 0 Å². The quantitative estimate of drug-likeness (QED) is 0.696. The van der Waals surface area contributed by atoms with Gasteiger partial charge in [0.25, 0.3) is 6.47 Å². The molecule has 1 aliphatic rings. The van der Waals surface area contributed by atoms with Gasteiger partial charge in [-0.3, -0.25) is 4.79 Å². The third-order valence-electron chi connectivity index (χ3n) is 4.49. The summed E-state index contributed by atoms with van der Waals surface area (Å²) < 4.78 is 38.2. The number of rotatable bonds is 6. The predicted molar refractivity (Wildman–Crippen MR) is 115 cm³/mol. The molecule has 1 fully saturated rings. The summed E-state index contributed by atoms with van der Waals surface area (Å²) in [4.78, 5) is 10.8.